The standard InChI is InChI=1S/C23H29N3O2/c27-22(23(28,20-10-4-5-11-20)19-8-2-1-3-9-19)26-16-14-25(15-17-26)18-21-12-6-7-13-24-21/h1-3,6-9,12-13,20,28H,4-5,10-11,14-18H2/t23-/m0/s1. The lowest BCUT2D eigenvalue weighted by Crippen LogP contribution is -2.56. The van der Waals surface area contributed by atoms with Gasteiger partial charge >= 0.3 is 0 Å². The van der Waals surface area contributed by atoms with E-state index in [0.717, 1.165) is 56.6 Å². The van der Waals surface area contributed by atoms with Crippen LogP contribution in [-0.4, -0.2) is 52.0 Å². The molecule has 1 aliphatic carbocycles. The number of benzene rings is 1. The highest BCUT2D eigenvalue weighted by atomic mass is 16.3. The first-order chi connectivity index (χ1) is 13.7. The minimum absolute atomic E-state index is 0.00829. The lowest BCUT2D eigenvalue weighted by Gasteiger charge is -2.41. The SMILES string of the molecule is O=C(N1CCN(Cc2ccccn2)CC1)[C@](O)(c1ccccc1)C1CCCC1. The number of nitrogens with zero attached hydrogens (tertiary/aromatic N) is 3. The lowest BCUT2D eigenvalue weighted by atomic mass is 9.79. The molecule has 1 N–H and O–H groups in total. The molecular formula is C23H29N3O2. The molecule has 0 radical (unpaired) electrons. The topological polar surface area (TPSA) is 56.7 Å². The molecule has 1 amide bonds. The van der Waals surface area contributed by atoms with Crippen molar-refractivity contribution >= 4 is 5.91 Å². The highest BCUT2D eigenvalue weighted by molar-refractivity contribution is 5.87. The van der Waals surface area contributed by atoms with Crippen molar-refractivity contribution in [3.63, 3.8) is 0 Å². The van der Waals surface area contributed by atoms with Crippen LogP contribution in [-0.2, 0) is 16.9 Å². The van der Waals surface area contributed by atoms with Crippen molar-refractivity contribution in [3.05, 3.63) is 66.0 Å². The summed E-state index contributed by atoms with van der Waals surface area (Å²) in [5, 5.41) is 11.7. The first-order valence-corrected chi connectivity index (χ1v) is 10.4. The molecule has 5 heteroatoms. The Kier molecular flexibility index (Phi) is 5.74. The molecule has 1 atom stereocenters. The summed E-state index contributed by atoms with van der Waals surface area (Å²) >= 11 is 0. The normalized spacial score (nSPS) is 20.8. The second-order valence-electron chi connectivity index (χ2n) is 8.00. The van der Waals surface area contributed by atoms with E-state index in [9.17, 15) is 9.90 Å². The number of pyridine rings is 1. The van der Waals surface area contributed by atoms with Crippen molar-refractivity contribution in [3.8, 4) is 0 Å². The van der Waals surface area contributed by atoms with Crippen LogP contribution >= 0.6 is 0 Å². The minimum atomic E-state index is -1.40. The predicted octanol–water partition coefficient (Wildman–Crippen LogP) is 2.80. The van der Waals surface area contributed by atoms with Gasteiger partial charge in [0.1, 0.15) is 0 Å². The molecule has 5 nitrogen and oxygen atoms in total. The Morgan fingerprint density at radius 3 is 2.32 bits per heavy atom. The van der Waals surface area contributed by atoms with E-state index < -0.39 is 5.60 Å². The number of piperazine rings is 1. The first kappa shape index (κ1) is 19.1. The van der Waals surface area contributed by atoms with Crippen LogP contribution in [0, 0.1) is 5.92 Å². The van der Waals surface area contributed by atoms with E-state index in [1.165, 1.54) is 0 Å². The molecule has 4 rings (SSSR count). The smallest absolute Gasteiger partial charge is 0.259 e. The van der Waals surface area contributed by atoms with Crippen molar-refractivity contribution in [2.45, 2.75) is 37.8 Å². The van der Waals surface area contributed by atoms with E-state index in [-0.39, 0.29) is 11.8 Å². The van der Waals surface area contributed by atoms with Gasteiger partial charge < -0.3 is 10.0 Å². The van der Waals surface area contributed by atoms with Gasteiger partial charge in [0.15, 0.2) is 5.60 Å². The Morgan fingerprint density at radius 1 is 1.00 bits per heavy atom. The maximum Gasteiger partial charge on any atom is 0.259 e. The molecule has 2 aliphatic rings. The third kappa shape index (κ3) is 3.82. The number of hydrogen-bond donors (Lipinski definition) is 1. The summed E-state index contributed by atoms with van der Waals surface area (Å²) in [6.07, 6.45) is 5.82. The van der Waals surface area contributed by atoms with Crippen molar-refractivity contribution < 1.29 is 9.90 Å². The van der Waals surface area contributed by atoms with Crippen LogP contribution in [0.5, 0.6) is 0 Å². The van der Waals surface area contributed by atoms with Crippen LogP contribution in [0.25, 0.3) is 0 Å². The van der Waals surface area contributed by atoms with Crippen LogP contribution in [0.4, 0.5) is 0 Å². The number of aliphatic hydroxyl groups is 1. The van der Waals surface area contributed by atoms with Gasteiger partial charge in [0.2, 0.25) is 0 Å². The Labute approximate surface area is 167 Å². The predicted molar refractivity (Wildman–Crippen MR) is 108 cm³/mol. The van der Waals surface area contributed by atoms with E-state index in [1.807, 2.05) is 59.6 Å². The van der Waals surface area contributed by atoms with E-state index in [2.05, 4.69) is 9.88 Å². The minimum Gasteiger partial charge on any atom is -0.375 e. The first-order valence-electron chi connectivity index (χ1n) is 10.4. The van der Waals surface area contributed by atoms with Crippen molar-refractivity contribution in [2.24, 2.45) is 5.92 Å². The van der Waals surface area contributed by atoms with Crippen LogP contribution in [0.1, 0.15) is 36.9 Å². The van der Waals surface area contributed by atoms with Crippen molar-refractivity contribution in [2.75, 3.05) is 26.2 Å². The van der Waals surface area contributed by atoms with Crippen molar-refractivity contribution in [1.29, 1.82) is 0 Å². The Bertz CT molecular complexity index is 769. The molecule has 1 aromatic carbocycles. The molecule has 0 unspecified atom stereocenters. The van der Waals surface area contributed by atoms with Crippen LogP contribution < -0.4 is 0 Å². The number of rotatable bonds is 5. The molecular weight excluding hydrogens is 350 g/mol. The monoisotopic (exact) mass is 379 g/mol. The summed E-state index contributed by atoms with van der Waals surface area (Å²) in [6.45, 7) is 3.70. The van der Waals surface area contributed by atoms with E-state index in [1.54, 1.807) is 0 Å². The average Bonchev–Trinajstić information content (AvgIpc) is 3.30. The fourth-order valence-corrected chi connectivity index (χ4v) is 4.64. The molecule has 1 saturated carbocycles. The molecule has 1 aliphatic heterocycles. The number of hydrogen-bond acceptors (Lipinski definition) is 4. The van der Waals surface area contributed by atoms with Crippen LogP contribution in [0.3, 0.4) is 0 Å². The molecule has 2 fully saturated rings. The summed E-state index contributed by atoms with van der Waals surface area (Å²) < 4.78 is 0. The number of aromatic nitrogens is 1. The van der Waals surface area contributed by atoms with E-state index in [4.69, 9.17) is 0 Å². The van der Waals surface area contributed by atoms with Crippen molar-refractivity contribution in [1.82, 2.24) is 14.8 Å². The van der Waals surface area contributed by atoms with Gasteiger partial charge in [0.05, 0.1) is 5.69 Å². The fraction of sp³-hybridized carbons (Fsp3) is 0.478. The molecule has 28 heavy (non-hydrogen) atoms. The van der Waals surface area contributed by atoms with Gasteiger partial charge in [-0.1, -0.05) is 49.2 Å². The Hall–Kier alpha value is -2.24. The second kappa shape index (κ2) is 8.41. The molecule has 0 bridgehead atoms. The summed E-state index contributed by atoms with van der Waals surface area (Å²) in [5.74, 6) is -0.114. The zero-order valence-corrected chi connectivity index (χ0v) is 16.3. The summed E-state index contributed by atoms with van der Waals surface area (Å²) in [6, 6.07) is 15.5. The highest BCUT2D eigenvalue weighted by Gasteiger charge is 2.48. The number of carbonyl (C=O) groups is 1. The summed E-state index contributed by atoms with van der Waals surface area (Å²) in [7, 11) is 0. The maximum atomic E-state index is 13.5. The van der Waals surface area contributed by atoms with Gasteiger partial charge in [-0.15, -0.1) is 0 Å². The van der Waals surface area contributed by atoms with E-state index in [0.29, 0.717) is 13.1 Å². The third-order valence-electron chi connectivity index (χ3n) is 6.26. The highest BCUT2D eigenvalue weighted by Crippen LogP contribution is 2.42. The molecule has 2 heterocycles. The van der Waals surface area contributed by atoms with Gasteiger partial charge in [-0.3, -0.25) is 14.7 Å². The Morgan fingerprint density at radius 2 is 1.68 bits per heavy atom. The Balaban J connectivity index is 1.46. The quantitative estimate of drug-likeness (QED) is 0.868. The fourth-order valence-electron chi connectivity index (χ4n) is 4.64. The van der Waals surface area contributed by atoms with Crippen LogP contribution in [0.2, 0.25) is 0 Å². The summed E-state index contributed by atoms with van der Waals surface area (Å²) in [4.78, 5) is 22.1. The average molecular weight is 380 g/mol. The molecule has 1 saturated heterocycles. The van der Waals surface area contributed by atoms with Crippen LogP contribution in [0.15, 0.2) is 54.7 Å². The van der Waals surface area contributed by atoms with Gasteiger partial charge in [0.25, 0.3) is 5.91 Å². The zero-order valence-electron chi connectivity index (χ0n) is 16.3. The molecule has 2 aromatic rings. The number of amides is 1. The summed E-state index contributed by atoms with van der Waals surface area (Å²) in [5.41, 5.74) is 0.387. The lowest BCUT2D eigenvalue weighted by molar-refractivity contribution is -0.161. The zero-order chi connectivity index (χ0) is 19.4. The largest absolute Gasteiger partial charge is 0.375 e. The number of carbonyl (C=O) groups excluding carboxylic acids is 1. The maximum absolute atomic E-state index is 13.5. The third-order valence-corrected chi connectivity index (χ3v) is 6.26. The van der Waals surface area contributed by atoms with Gasteiger partial charge in [-0.25, -0.2) is 0 Å². The molecule has 148 valence electrons. The second-order valence-corrected chi connectivity index (χ2v) is 8.00. The van der Waals surface area contributed by atoms with Gasteiger partial charge in [0, 0.05) is 44.8 Å². The molecule has 1 aromatic heterocycles. The molecule has 0 spiro atoms. The van der Waals surface area contributed by atoms with Gasteiger partial charge in [-0.05, 0) is 30.5 Å². The van der Waals surface area contributed by atoms with E-state index >= 15 is 0 Å². The van der Waals surface area contributed by atoms with Gasteiger partial charge in [-0.2, -0.15) is 0 Å².